The topological polar surface area (TPSA) is 41.1 Å². The minimum absolute atomic E-state index is 0.142. The average Bonchev–Trinajstić information content (AvgIpc) is 3.07. The van der Waals surface area contributed by atoms with E-state index in [9.17, 15) is 4.39 Å². The fourth-order valence-corrected chi connectivity index (χ4v) is 3.24. The molecule has 25 heavy (non-hydrogen) atoms. The normalized spacial score (nSPS) is 14.3. The van der Waals surface area contributed by atoms with E-state index < -0.39 is 0 Å². The van der Waals surface area contributed by atoms with Crippen molar-refractivity contribution in [2.24, 2.45) is 0 Å². The number of ether oxygens (including phenoxy) is 1. The quantitative estimate of drug-likeness (QED) is 0.788. The van der Waals surface area contributed by atoms with Crippen molar-refractivity contribution in [2.45, 2.75) is 19.5 Å². The predicted molar refractivity (Wildman–Crippen MR) is 94.8 cm³/mol. The Morgan fingerprint density at radius 3 is 2.72 bits per heavy atom. The van der Waals surface area contributed by atoms with Gasteiger partial charge in [-0.25, -0.2) is 9.37 Å². The fraction of sp³-hybridized carbons (Fsp3) is 0.250. The van der Waals surface area contributed by atoms with Crippen molar-refractivity contribution >= 4 is 0 Å². The number of imidazole rings is 1. The van der Waals surface area contributed by atoms with Gasteiger partial charge in [-0.15, -0.1) is 0 Å². The van der Waals surface area contributed by atoms with Gasteiger partial charge in [-0.2, -0.15) is 0 Å². The van der Waals surface area contributed by atoms with E-state index >= 15 is 0 Å². The lowest BCUT2D eigenvalue weighted by molar-refractivity contribution is 0.238. The van der Waals surface area contributed by atoms with E-state index in [0.717, 1.165) is 53.6 Å². The van der Waals surface area contributed by atoms with Crippen LogP contribution in [-0.2, 0) is 19.5 Å². The first-order valence-electron chi connectivity index (χ1n) is 8.41. The number of benzene rings is 2. The van der Waals surface area contributed by atoms with E-state index in [0.29, 0.717) is 6.54 Å². The van der Waals surface area contributed by atoms with Crippen molar-refractivity contribution in [3.63, 3.8) is 0 Å². The molecule has 0 bridgehead atoms. The third-order valence-corrected chi connectivity index (χ3v) is 4.63. The first kappa shape index (κ1) is 15.8. The van der Waals surface area contributed by atoms with Crippen LogP contribution < -0.4 is 4.74 Å². The molecule has 2 heterocycles. The zero-order valence-corrected chi connectivity index (χ0v) is 14.1. The number of fused-ring (bicyclic) bond motifs is 1. The number of halogens is 1. The highest BCUT2D eigenvalue weighted by Gasteiger charge is 2.21. The standard InChI is InChI=1S/C20H20FN3O/c1-25-16-8-6-14(7-9-16)20-22-18-10-11-24(13-19(18)23-20)12-15-4-2-3-5-17(15)21/h2-9H,10-13H2,1H3,(H,22,23). The van der Waals surface area contributed by atoms with Gasteiger partial charge in [0.25, 0.3) is 0 Å². The number of aromatic amines is 1. The number of hydrogen-bond donors (Lipinski definition) is 1. The third kappa shape index (κ3) is 3.28. The monoisotopic (exact) mass is 337 g/mol. The molecule has 0 saturated carbocycles. The first-order valence-corrected chi connectivity index (χ1v) is 8.41. The molecule has 0 unspecified atom stereocenters. The van der Waals surface area contributed by atoms with E-state index in [2.05, 4.69) is 9.88 Å². The summed E-state index contributed by atoms with van der Waals surface area (Å²) in [5.41, 5.74) is 4.00. The van der Waals surface area contributed by atoms with Gasteiger partial charge in [0.15, 0.2) is 0 Å². The molecular formula is C20H20FN3O. The molecule has 3 aromatic rings. The van der Waals surface area contributed by atoms with Gasteiger partial charge < -0.3 is 9.72 Å². The smallest absolute Gasteiger partial charge is 0.137 e. The number of rotatable bonds is 4. The number of aromatic nitrogens is 2. The molecule has 4 rings (SSSR count). The van der Waals surface area contributed by atoms with Crippen LogP contribution in [0.4, 0.5) is 4.39 Å². The summed E-state index contributed by atoms with van der Waals surface area (Å²) in [7, 11) is 1.66. The maximum absolute atomic E-state index is 13.9. The molecule has 0 aliphatic carbocycles. The van der Waals surface area contributed by atoms with Crippen LogP contribution in [-0.4, -0.2) is 28.5 Å². The van der Waals surface area contributed by atoms with Gasteiger partial charge in [0.1, 0.15) is 17.4 Å². The highest BCUT2D eigenvalue weighted by atomic mass is 19.1. The molecule has 0 atom stereocenters. The molecule has 0 amide bonds. The molecule has 0 radical (unpaired) electrons. The largest absolute Gasteiger partial charge is 0.497 e. The minimum atomic E-state index is -0.142. The van der Waals surface area contributed by atoms with Crippen molar-refractivity contribution in [1.82, 2.24) is 14.9 Å². The van der Waals surface area contributed by atoms with E-state index in [-0.39, 0.29) is 5.82 Å². The van der Waals surface area contributed by atoms with Gasteiger partial charge in [-0.1, -0.05) is 18.2 Å². The van der Waals surface area contributed by atoms with Crippen molar-refractivity contribution < 1.29 is 9.13 Å². The molecule has 1 aliphatic heterocycles. The molecule has 0 spiro atoms. The number of hydrogen-bond acceptors (Lipinski definition) is 3. The Kier molecular flexibility index (Phi) is 4.24. The van der Waals surface area contributed by atoms with Crippen LogP contribution >= 0.6 is 0 Å². The van der Waals surface area contributed by atoms with Gasteiger partial charge in [-0.3, -0.25) is 4.90 Å². The van der Waals surface area contributed by atoms with Crippen LogP contribution in [0.15, 0.2) is 48.5 Å². The summed E-state index contributed by atoms with van der Waals surface area (Å²) in [4.78, 5) is 10.4. The SMILES string of the molecule is COc1ccc(-c2nc3c([nH]2)CN(Cc2ccccc2F)CC3)cc1. The fourth-order valence-electron chi connectivity index (χ4n) is 3.24. The Balaban J connectivity index is 1.51. The van der Waals surface area contributed by atoms with E-state index in [4.69, 9.17) is 9.72 Å². The molecule has 128 valence electrons. The second-order valence-electron chi connectivity index (χ2n) is 6.29. The summed E-state index contributed by atoms with van der Waals surface area (Å²) in [6.07, 6.45) is 0.871. The van der Waals surface area contributed by atoms with Gasteiger partial charge >= 0.3 is 0 Å². The summed E-state index contributed by atoms with van der Waals surface area (Å²) in [6.45, 7) is 2.25. The molecule has 1 aliphatic rings. The molecule has 2 aromatic carbocycles. The molecule has 4 nitrogen and oxygen atoms in total. The van der Waals surface area contributed by atoms with Crippen LogP contribution in [0, 0.1) is 5.82 Å². The lowest BCUT2D eigenvalue weighted by Crippen LogP contribution is -2.30. The van der Waals surface area contributed by atoms with Gasteiger partial charge in [0.05, 0.1) is 18.5 Å². The maximum atomic E-state index is 13.9. The van der Waals surface area contributed by atoms with Crippen molar-refractivity contribution in [3.8, 4) is 17.1 Å². The van der Waals surface area contributed by atoms with Crippen LogP contribution in [0.5, 0.6) is 5.75 Å². The molecular weight excluding hydrogens is 317 g/mol. The summed E-state index contributed by atoms with van der Waals surface area (Å²) in [5, 5.41) is 0. The molecule has 1 N–H and O–H groups in total. The predicted octanol–water partition coefficient (Wildman–Crippen LogP) is 3.78. The average molecular weight is 337 g/mol. The summed E-state index contributed by atoms with van der Waals surface area (Å²) in [6, 6.07) is 14.8. The molecule has 5 heteroatoms. The third-order valence-electron chi connectivity index (χ3n) is 4.63. The van der Waals surface area contributed by atoms with Crippen molar-refractivity contribution in [2.75, 3.05) is 13.7 Å². The zero-order chi connectivity index (χ0) is 17.2. The summed E-state index contributed by atoms with van der Waals surface area (Å²) >= 11 is 0. The van der Waals surface area contributed by atoms with Crippen molar-refractivity contribution in [1.29, 1.82) is 0 Å². The Hall–Kier alpha value is -2.66. The van der Waals surface area contributed by atoms with Gasteiger partial charge in [0, 0.05) is 37.2 Å². The highest BCUT2D eigenvalue weighted by Crippen LogP contribution is 2.25. The number of methoxy groups -OCH3 is 1. The van der Waals surface area contributed by atoms with E-state index in [1.807, 2.05) is 36.4 Å². The van der Waals surface area contributed by atoms with E-state index in [1.165, 1.54) is 6.07 Å². The van der Waals surface area contributed by atoms with Crippen LogP contribution in [0.2, 0.25) is 0 Å². The molecule has 1 aromatic heterocycles. The van der Waals surface area contributed by atoms with Crippen LogP contribution in [0.25, 0.3) is 11.4 Å². The van der Waals surface area contributed by atoms with Crippen LogP contribution in [0.1, 0.15) is 17.0 Å². The second kappa shape index (κ2) is 6.69. The number of nitrogens with zero attached hydrogens (tertiary/aromatic N) is 2. The van der Waals surface area contributed by atoms with E-state index in [1.54, 1.807) is 13.2 Å². The Morgan fingerprint density at radius 2 is 1.96 bits per heavy atom. The maximum Gasteiger partial charge on any atom is 0.137 e. The number of H-pyrrole nitrogens is 1. The molecule has 0 saturated heterocycles. The first-order chi connectivity index (χ1) is 12.2. The Bertz CT molecular complexity index is 873. The van der Waals surface area contributed by atoms with Crippen molar-refractivity contribution in [3.05, 3.63) is 71.3 Å². The highest BCUT2D eigenvalue weighted by molar-refractivity contribution is 5.57. The summed E-state index contributed by atoms with van der Waals surface area (Å²) < 4.78 is 19.1. The second-order valence-corrected chi connectivity index (χ2v) is 6.29. The Morgan fingerprint density at radius 1 is 1.16 bits per heavy atom. The lowest BCUT2D eigenvalue weighted by atomic mass is 10.1. The van der Waals surface area contributed by atoms with Crippen LogP contribution in [0.3, 0.4) is 0 Å². The summed E-state index contributed by atoms with van der Waals surface area (Å²) in [5.74, 6) is 1.56. The van der Waals surface area contributed by atoms with Gasteiger partial charge in [-0.05, 0) is 30.3 Å². The lowest BCUT2D eigenvalue weighted by Gasteiger charge is -2.26. The minimum Gasteiger partial charge on any atom is -0.497 e. The number of nitrogens with one attached hydrogen (secondary N) is 1. The Labute approximate surface area is 146 Å². The molecule has 0 fully saturated rings. The van der Waals surface area contributed by atoms with Gasteiger partial charge in [0.2, 0.25) is 0 Å². The zero-order valence-electron chi connectivity index (χ0n) is 14.1.